The Morgan fingerprint density at radius 2 is 1.54 bits per heavy atom. The summed E-state index contributed by atoms with van der Waals surface area (Å²) in [6.45, 7) is 3.01. The molecule has 0 radical (unpaired) electrons. The van der Waals surface area contributed by atoms with Crippen molar-refractivity contribution >= 4 is 11.9 Å². The number of amides is 1. The van der Waals surface area contributed by atoms with E-state index in [1.54, 1.807) is 11.8 Å². The third kappa shape index (κ3) is 3.72. The summed E-state index contributed by atoms with van der Waals surface area (Å²) in [4.78, 5) is 26.3. The van der Waals surface area contributed by atoms with Crippen LogP contribution in [0.4, 0.5) is 0 Å². The predicted molar refractivity (Wildman–Crippen MR) is 86.8 cm³/mol. The molecule has 7 heteroatoms. The molecule has 1 heterocycles. The second-order valence-corrected chi connectivity index (χ2v) is 5.49. The Balaban J connectivity index is 2.15. The van der Waals surface area contributed by atoms with E-state index in [1.165, 1.54) is 33.5 Å². The molecule has 1 saturated heterocycles. The molecule has 0 spiro atoms. The van der Waals surface area contributed by atoms with Crippen molar-refractivity contribution in [1.82, 2.24) is 4.90 Å². The highest BCUT2D eigenvalue weighted by molar-refractivity contribution is 5.93. The maximum absolute atomic E-state index is 12.4. The molecule has 0 N–H and O–H groups in total. The SMILES string of the molecule is COc1cc(C(=O)O[C@H](C)C(=O)N2CCCC2)cc(OC)c1OC. The van der Waals surface area contributed by atoms with Crippen LogP contribution in [-0.4, -0.2) is 57.3 Å². The molecule has 2 rings (SSSR count). The molecule has 24 heavy (non-hydrogen) atoms. The van der Waals surface area contributed by atoms with Crippen LogP contribution in [0.5, 0.6) is 17.2 Å². The van der Waals surface area contributed by atoms with Crippen molar-refractivity contribution in [3.63, 3.8) is 0 Å². The maximum atomic E-state index is 12.4. The molecule has 0 aromatic heterocycles. The molecular weight excluding hydrogens is 314 g/mol. The summed E-state index contributed by atoms with van der Waals surface area (Å²) < 4.78 is 20.9. The largest absolute Gasteiger partial charge is 0.493 e. The van der Waals surface area contributed by atoms with Crippen molar-refractivity contribution in [3.8, 4) is 17.2 Å². The highest BCUT2D eigenvalue weighted by Crippen LogP contribution is 2.38. The average Bonchev–Trinajstić information content (AvgIpc) is 3.13. The zero-order valence-electron chi connectivity index (χ0n) is 14.5. The number of esters is 1. The van der Waals surface area contributed by atoms with Gasteiger partial charge in [-0.2, -0.15) is 0 Å². The van der Waals surface area contributed by atoms with Gasteiger partial charge in [-0.1, -0.05) is 0 Å². The van der Waals surface area contributed by atoms with E-state index in [2.05, 4.69) is 0 Å². The summed E-state index contributed by atoms with van der Waals surface area (Å²) in [6, 6.07) is 2.99. The Labute approximate surface area is 141 Å². The maximum Gasteiger partial charge on any atom is 0.339 e. The van der Waals surface area contributed by atoms with Crippen LogP contribution in [0.25, 0.3) is 0 Å². The first-order chi connectivity index (χ1) is 11.5. The fraction of sp³-hybridized carbons (Fsp3) is 0.529. The van der Waals surface area contributed by atoms with Gasteiger partial charge in [0.25, 0.3) is 5.91 Å². The second-order valence-electron chi connectivity index (χ2n) is 5.49. The first kappa shape index (κ1) is 17.9. The molecule has 0 unspecified atom stereocenters. The molecule has 1 amide bonds. The molecule has 1 aromatic carbocycles. The van der Waals surface area contributed by atoms with Crippen LogP contribution < -0.4 is 14.2 Å². The van der Waals surface area contributed by atoms with E-state index in [0.717, 1.165) is 12.8 Å². The average molecular weight is 337 g/mol. The minimum absolute atomic E-state index is 0.173. The normalized spacial score (nSPS) is 14.9. The summed E-state index contributed by atoms with van der Waals surface area (Å²) in [5, 5.41) is 0. The summed E-state index contributed by atoms with van der Waals surface area (Å²) in [5.41, 5.74) is 0.227. The van der Waals surface area contributed by atoms with Crippen molar-refractivity contribution in [2.75, 3.05) is 34.4 Å². The van der Waals surface area contributed by atoms with E-state index < -0.39 is 12.1 Å². The zero-order chi connectivity index (χ0) is 17.7. The Hall–Kier alpha value is -2.44. The van der Waals surface area contributed by atoms with Crippen LogP contribution in [0.2, 0.25) is 0 Å². The van der Waals surface area contributed by atoms with Gasteiger partial charge in [0.05, 0.1) is 26.9 Å². The fourth-order valence-corrected chi connectivity index (χ4v) is 2.67. The van der Waals surface area contributed by atoms with E-state index in [0.29, 0.717) is 30.3 Å². The number of ether oxygens (including phenoxy) is 4. The topological polar surface area (TPSA) is 74.3 Å². The van der Waals surface area contributed by atoms with Crippen LogP contribution in [0, 0.1) is 0 Å². The van der Waals surface area contributed by atoms with Crippen molar-refractivity contribution in [3.05, 3.63) is 17.7 Å². The number of hydrogen-bond donors (Lipinski definition) is 0. The summed E-state index contributed by atoms with van der Waals surface area (Å²) >= 11 is 0. The molecule has 1 atom stereocenters. The molecule has 0 saturated carbocycles. The third-order valence-corrected chi connectivity index (χ3v) is 3.95. The first-order valence-electron chi connectivity index (χ1n) is 7.81. The van der Waals surface area contributed by atoms with Crippen molar-refractivity contribution in [1.29, 1.82) is 0 Å². The minimum Gasteiger partial charge on any atom is -0.493 e. The quantitative estimate of drug-likeness (QED) is 0.738. The van der Waals surface area contributed by atoms with Crippen LogP contribution >= 0.6 is 0 Å². The van der Waals surface area contributed by atoms with Gasteiger partial charge < -0.3 is 23.8 Å². The summed E-state index contributed by atoms with van der Waals surface area (Å²) in [6.07, 6.45) is 1.13. The van der Waals surface area contributed by atoms with E-state index in [4.69, 9.17) is 18.9 Å². The zero-order valence-corrected chi connectivity index (χ0v) is 14.5. The van der Waals surface area contributed by atoms with Crippen LogP contribution in [0.3, 0.4) is 0 Å². The Bertz CT molecular complexity index is 584. The van der Waals surface area contributed by atoms with Gasteiger partial charge in [0, 0.05) is 13.1 Å². The third-order valence-electron chi connectivity index (χ3n) is 3.95. The number of methoxy groups -OCH3 is 3. The number of hydrogen-bond acceptors (Lipinski definition) is 6. The molecule has 1 aromatic rings. The van der Waals surface area contributed by atoms with Crippen molar-refractivity contribution in [2.45, 2.75) is 25.9 Å². The van der Waals surface area contributed by atoms with E-state index in [1.807, 2.05) is 0 Å². The number of carbonyl (C=O) groups is 2. The highest BCUT2D eigenvalue weighted by atomic mass is 16.6. The Morgan fingerprint density at radius 3 is 2.00 bits per heavy atom. The predicted octanol–water partition coefficient (Wildman–Crippen LogP) is 1.88. The van der Waals surface area contributed by atoms with E-state index >= 15 is 0 Å². The molecule has 132 valence electrons. The summed E-state index contributed by atoms with van der Waals surface area (Å²) in [5.74, 6) is 0.296. The lowest BCUT2D eigenvalue weighted by molar-refractivity contribution is -0.138. The van der Waals surface area contributed by atoms with Crippen LogP contribution in [0.15, 0.2) is 12.1 Å². The molecule has 7 nitrogen and oxygen atoms in total. The number of benzene rings is 1. The van der Waals surface area contributed by atoms with Gasteiger partial charge in [-0.25, -0.2) is 4.79 Å². The number of nitrogens with zero attached hydrogens (tertiary/aromatic N) is 1. The monoisotopic (exact) mass is 337 g/mol. The van der Waals surface area contributed by atoms with Crippen LogP contribution in [0.1, 0.15) is 30.1 Å². The highest BCUT2D eigenvalue weighted by Gasteiger charge is 2.27. The molecule has 1 aliphatic heterocycles. The second kappa shape index (κ2) is 7.90. The van der Waals surface area contributed by atoms with Crippen molar-refractivity contribution < 1.29 is 28.5 Å². The lowest BCUT2D eigenvalue weighted by Crippen LogP contribution is -2.38. The van der Waals surface area contributed by atoms with Crippen molar-refractivity contribution in [2.24, 2.45) is 0 Å². The standard InChI is InChI=1S/C17H23NO6/c1-11(16(19)18-7-5-6-8-18)24-17(20)12-9-13(21-2)15(23-4)14(10-12)22-3/h9-11H,5-8H2,1-4H3/t11-/m1/s1. The molecule has 0 bridgehead atoms. The molecule has 1 aliphatic rings. The molecule has 0 aliphatic carbocycles. The van der Waals surface area contributed by atoms with Gasteiger partial charge in [0.1, 0.15) is 0 Å². The van der Waals surface area contributed by atoms with Gasteiger partial charge >= 0.3 is 5.97 Å². The minimum atomic E-state index is -0.838. The Morgan fingerprint density at radius 1 is 1.00 bits per heavy atom. The molecule has 1 fully saturated rings. The van der Waals surface area contributed by atoms with Gasteiger partial charge in [0.2, 0.25) is 5.75 Å². The van der Waals surface area contributed by atoms with Crippen LogP contribution in [-0.2, 0) is 9.53 Å². The lowest BCUT2D eigenvalue weighted by atomic mass is 10.2. The van der Waals surface area contributed by atoms with Gasteiger partial charge in [-0.15, -0.1) is 0 Å². The number of rotatable bonds is 6. The Kier molecular flexibility index (Phi) is 5.89. The van der Waals surface area contributed by atoms with E-state index in [9.17, 15) is 9.59 Å². The fourth-order valence-electron chi connectivity index (χ4n) is 2.67. The van der Waals surface area contributed by atoms with Gasteiger partial charge in [-0.05, 0) is 31.9 Å². The van der Waals surface area contributed by atoms with Gasteiger partial charge in [0.15, 0.2) is 17.6 Å². The smallest absolute Gasteiger partial charge is 0.339 e. The number of likely N-dealkylation sites (tertiary alicyclic amines) is 1. The number of carbonyl (C=O) groups excluding carboxylic acids is 2. The van der Waals surface area contributed by atoms with Gasteiger partial charge in [-0.3, -0.25) is 4.79 Å². The first-order valence-corrected chi connectivity index (χ1v) is 7.81. The lowest BCUT2D eigenvalue weighted by Gasteiger charge is -2.20. The molecular formula is C17H23NO6. The van der Waals surface area contributed by atoms with E-state index in [-0.39, 0.29) is 11.5 Å². The summed E-state index contributed by atoms with van der Waals surface area (Å²) in [7, 11) is 4.41.